The van der Waals surface area contributed by atoms with Crippen molar-refractivity contribution in [3.05, 3.63) is 67.3 Å². The first-order valence-electron chi connectivity index (χ1n) is 7.34. The van der Waals surface area contributed by atoms with Gasteiger partial charge in [-0.1, -0.05) is 75.9 Å². The lowest BCUT2D eigenvalue weighted by atomic mass is 9.81. The molecule has 1 nitrogen and oxygen atoms in total. The second-order valence-electron chi connectivity index (χ2n) is 6.42. The van der Waals surface area contributed by atoms with Gasteiger partial charge in [0.15, 0.2) is 0 Å². The van der Waals surface area contributed by atoms with Crippen LogP contribution in [0.3, 0.4) is 0 Å². The van der Waals surface area contributed by atoms with E-state index in [1.807, 2.05) is 0 Å². The zero-order valence-corrected chi connectivity index (χ0v) is 13.2. The van der Waals surface area contributed by atoms with Crippen LogP contribution in [0.4, 0.5) is 0 Å². The first kappa shape index (κ1) is 15.5. The van der Waals surface area contributed by atoms with Crippen LogP contribution in [0.15, 0.2) is 61.7 Å². The van der Waals surface area contributed by atoms with E-state index in [-0.39, 0.29) is 11.5 Å². The number of rotatable bonds is 5. The van der Waals surface area contributed by atoms with E-state index in [0.717, 1.165) is 11.1 Å². The molecule has 2 aromatic carbocycles. The Morgan fingerprint density at radius 2 is 1.81 bits per heavy atom. The number of hydrogen-bond donors (Lipinski definition) is 0. The maximum atomic E-state index is 6.00. The Labute approximate surface area is 127 Å². The normalized spacial score (nSPS) is 13.1. The average molecular weight is 280 g/mol. The minimum atomic E-state index is -0.0405. The third-order valence-corrected chi connectivity index (χ3v) is 3.62. The zero-order valence-electron chi connectivity index (χ0n) is 13.2. The highest BCUT2D eigenvalue weighted by molar-refractivity contribution is 5.94. The minimum absolute atomic E-state index is 0.0168. The molecule has 0 bridgehead atoms. The summed E-state index contributed by atoms with van der Waals surface area (Å²) in [5.74, 6) is 0. The van der Waals surface area contributed by atoms with Gasteiger partial charge in [-0.05, 0) is 27.3 Å². The van der Waals surface area contributed by atoms with Crippen LogP contribution >= 0.6 is 0 Å². The fourth-order valence-corrected chi connectivity index (χ4v) is 2.68. The molecule has 0 radical (unpaired) electrons. The molecule has 0 heterocycles. The van der Waals surface area contributed by atoms with Crippen LogP contribution in [0.2, 0.25) is 0 Å². The summed E-state index contributed by atoms with van der Waals surface area (Å²) < 4.78 is 6.00. The van der Waals surface area contributed by atoms with Crippen LogP contribution < -0.4 is 0 Å². The summed E-state index contributed by atoms with van der Waals surface area (Å²) in [6.45, 7) is 15.1. The molecule has 0 saturated heterocycles. The van der Waals surface area contributed by atoms with Crippen molar-refractivity contribution in [3.8, 4) is 0 Å². The van der Waals surface area contributed by atoms with Crippen molar-refractivity contribution in [3.63, 3.8) is 0 Å². The second kappa shape index (κ2) is 6.28. The predicted molar refractivity (Wildman–Crippen MR) is 92.4 cm³/mol. The molecule has 0 aliphatic rings. The highest BCUT2D eigenvalue weighted by atomic mass is 16.5. The van der Waals surface area contributed by atoms with Crippen molar-refractivity contribution in [2.75, 3.05) is 6.61 Å². The van der Waals surface area contributed by atoms with Crippen LogP contribution in [-0.4, -0.2) is 12.7 Å². The van der Waals surface area contributed by atoms with Crippen LogP contribution in [0, 0.1) is 5.41 Å². The third-order valence-electron chi connectivity index (χ3n) is 3.62. The third kappa shape index (κ3) is 3.43. The van der Waals surface area contributed by atoms with E-state index in [1.165, 1.54) is 10.8 Å². The Hall–Kier alpha value is -1.86. The predicted octanol–water partition coefficient (Wildman–Crippen LogP) is 5.47. The van der Waals surface area contributed by atoms with Crippen molar-refractivity contribution in [2.24, 2.45) is 5.41 Å². The fraction of sp³-hybridized carbons (Fsp3) is 0.300. The van der Waals surface area contributed by atoms with Gasteiger partial charge in [-0.2, -0.15) is 0 Å². The van der Waals surface area contributed by atoms with E-state index >= 15 is 0 Å². The van der Waals surface area contributed by atoms with Gasteiger partial charge in [0.2, 0.25) is 0 Å². The Kier molecular flexibility index (Phi) is 4.64. The van der Waals surface area contributed by atoms with E-state index in [0.29, 0.717) is 6.61 Å². The van der Waals surface area contributed by atoms with Crippen molar-refractivity contribution in [2.45, 2.75) is 26.9 Å². The number of fused-ring (bicyclic) bond motifs is 1. The molecule has 0 amide bonds. The van der Waals surface area contributed by atoms with E-state index in [1.54, 1.807) is 6.08 Å². The fourth-order valence-electron chi connectivity index (χ4n) is 2.68. The molecule has 0 saturated carbocycles. The van der Waals surface area contributed by atoms with E-state index in [4.69, 9.17) is 4.74 Å². The first-order valence-corrected chi connectivity index (χ1v) is 7.34. The van der Waals surface area contributed by atoms with Gasteiger partial charge in [-0.15, -0.1) is 6.58 Å². The van der Waals surface area contributed by atoms with Gasteiger partial charge in [0.1, 0.15) is 0 Å². The van der Waals surface area contributed by atoms with Gasteiger partial charge < -0.3 is 4.74 Å². The van der Waals surface area contributed by atoms with Crippen LogP contribution in [0.1, 0.15) is 26.3 Å². The summed E-state index contributed by atoms with van der Waals surface area (Å²) in [7, 11) is 0. The summed E-state index contributed by atoms with van der Waals surface area (Å²) in [5.41, 5.74) is 2.18. The SMILES string of the molecule is C=CCOC(C(=C)c1cccc2ccccc12)C(C)(C)C. The van der Waals surface area contributed by atoms with Crippen LogP contribution in [-0.2, 0) is 4.74 Å². The topological polar surface area (TPSA) is 9.23 Å². The van der Waals surface area contributed by atoms with Crippen molar-refractivity contribution in [1.82, 2.24) is 0 Å². The van der Waals surface area contributed by atoms with Crippen molar-refractivity contribution >= 4 is 16.3 Å². The molecule has 2 rings (SSSR count). The first-order chi connectivity index (χ1) is 9.95. The highest BCUT2D eigenvalue weighted by Crippen LogP contribution is 2.35. The Balaban J connectivity index is 2.46. The molecule has 0 aliphatic carbocycles. The van der Waals surface area contributed by atoms with Gasteiger partial charge in [0.05, 0.1) is 12.7 Å². The standard InChI is InChI=1S/C20H24O/c1-6-14-21-19(20(3,4)5)15(2)17-13-9-11-16-10-7-8-12-18(16)17/h6-13,19H,1-2,14H2,3-5H3. The molecule has 21 heavy (non-hydrogen) atoms. The molecule has 110 valence electrons. The quantitative estimate of drug-likeness (QED) is 0.660. The monoisotopic (exact) mass is 280 g/mol. The molecule has 1 unspecified atom stereocenters. The molecule has 2 aromatic rings. The van der Waals surface area contributed by atoms with E-state index in [2.05, 4.69) is 76.4 Å². The maximum Gasteiger partial charge on any atom is 0.0877 e. The second-order valence-corrected chi connectivity index (χ2v) is 6.42. The summed E-state index contributed by atoms with van der Waals surface area (Å²) in [4.78, 5) is 0. The summed E-state index contributed by atoms with van der Waals surface area (Å²) in [6, 6.07) is 14.7. The average Bonchev–Trinajstić information content (AvgIpc) is 2.45. The maximum absolute atomic E-state index is 6.00. The van der Waals surface area contributed by atoms with E-state index < -0.39 is 0 Å². The Bertz CT molecular complexity index is 641. The van der Waals surface area contributed by atoms with Gasteiger partial charge in [0, 0.05) is 0 Å². The number of hydrogen-bond acceptors (Lipinski definition) is 1. The summed E-state index contributed by atoms with van der Waals surface area (Å²) in [6.07, 6.45) is 1.75. The van der Waals surface area contributed by atoms with E-state index in [9.17, 15) is 0 Å². The molecule has 1 heteroatoms. The van der Waals surface area contributed by atoms with Crippen LogP contribution in [0.25, 0.3) is 16.3 Å². The molecule has 0 N–H and O–H groups in total. The molecule has 0 spiro atoms. The number of benzene rings is 2. The zero-order chi connectivity index (χ0) is 15.5. The lowest BCUT2D eigenvalue weighted by Gasteiger charge is -2.32. The largest absolute Gasteiger partial charge is 0.369 e. The molecular formula is C20H24O. The summed E-state index contributed by atoms with van der Waals surface area (Å²) >= 11 is 0. The Morgan fingerprint density at radius 3 is 2.48 bits per heavy atom. The lowest BCUT2D eigenvalue weighted by molar-refractivity contribution is 0.0390. The van der Waals surface area contributed by atoms with Crippen molar-refractivity contribution < 1.29 is 4.74 Å². The van der Waals surface area contributed by atoms with Crippen LogP contribution in [0.5, 0.6) is 0 Å². The van der Waals surface area contributed by atoms with Gasteiger partial charge in [-0.3, -0.25) is 0 Å². The Morgan fingerprint density at radius 1 is 1.14 bits per heavy atom. The molecule has 0 aromatic heterocycles. The summed E-state index contributed by atoms with van der Waals surface area (Å²) in [5, 5.41) is 2.45. The molecule has 1 atom stereocenters. The molecular weight excluding hydrogens is 256 g/mol. The smallest absolute Gasteiger partial charge is 0.0877 e. The van der Waals surface area contributed by atoms with Gasteiger partial charge in [0.25, 0.3) is 0 Å². The lowest BCUT2D eigenvalue weighted by Crippen LogP contribution is -2.30. The van der Waals surface area contributed by atoms with Crippen molar-refractivity contribution in [1.29, 1.82) is 0 Å². The highest BCUT2D eigenvalue weighted by Gasteiger charge is 2.29. The molecule has 0 fully saturated rings. The number of ether oxygens (including phenoxy) is 1. The van der Waals surface area contributed by atoms with Gasteiger partial charge >= 0.3 is 0 Å². The van der Waals surface area contributed by atoms with Gasteiger partial charge in [-0.25, -0.2) is 0 Å². The minimum Gasteiger partial charge on any atom is -0.369 e. The molecule has 0 aliphatic heterocycles.